The van der Waals surface area contributed by atoms with Crippen LogP contribution in [0.1, 0.15) is 32.3 Å². The quantitative estimate of drug-likeness (QED) is 0.749. The molecule has 0 amide bonds. The summed E-state index contributed by atoms with van der Waals surface area (Å²) in [6.07, 6.45) is 2.02. The predicted octanol–water partition coefficient (Wildman–Crippen LogP) is 2.60. The van der Waals surface area contributed by atoms with E-state index in [9.17, 15) is 4.79 Å². The first-order valence-electron chi connectivity index (χ1n) is 6.72. The van der Waals surface area contributed by atoms with Gasteiger partial charge in [-0.15, -0.1) is 0 Å². The van der Waals surface area contributed by atoms with Gasteiger partial charge < -0.3 is 4.74 Å². The average molecular weight is 247 g/mol. The highest BCUT2D eigenvalue weighted by Crippen LogP contribution is 2.30. The minimum Gasteiger partial charge on any atom is -0.465 e. The molecule has 1 aliphatic rings. The van der Waals surface area contributed by atoms with Crippen LogP contribution in [0.4, 0.5) is 0 Å². The van der Waals surface area contributed by atoms with Crippen molar-refractivity contribution >= 4 is 5.97 Å². The highest BCUT2D eigenvalue weighted by atomic mass is 16.5. The lowest BCUT2D eigenvalue weighted by Crippen LogP contribution is -2.58. The summed E-state index contributed by atoms with van der Waals surface area (Å²) in [6.45, 7) is 5.33. The lowest BCUT2D eigenvalue weighted by molar-refractivity contribution is -0.159. The Hall–Kier alpha value is -1.35. The molecule has 1 fully saturated rings. The Balaban J connectivity index is 2.00. The third kappa shape index (κ3) is 2.72. The number of nitrogens with zero attached hydrogens (tertiary/aromatic N) is 1. The molecule has 0 aliphatic carbocycles. The average Bonchev–Trinajstić information content (AvgIpc) is 2.37. The summed E-state index contributed by atoms with van der Waals surface area (Å²) in [5.74, 6) is -0.0712. The van der Waals surface area contributed by atoms with Crippen LogP contribution in [0.5, 0.6) is 0 Å². The zero-order valence-corrected chi connectivity index (χ0v) is 11.1. The molecule has 2 rings (SSSR count). The van der Waals surface area contributed by atoms with Gasteiger partial charge in [-0.05, 0) is 25.3 Å². The number of rotatable bonds is 5. The Morgan fingerprint density at radius 1 is 1.33 bits per heavy atom. The first-order valence-corrected chi connectivity index (χ1v) is 6.72. The van der Waals surface area contributed by atoms with Crippen LogP contribution in [0, 0.1) is 0 Å². The molecule has 1 aromatic carbocycles. The molecule has 0 bridgehead atoms. The Labute approximate surface area is 109 Å². The van der Waals surface area contributed by atoms with E-state index in [0.29, 0.717) is 12.6 Å². The third-order valence-electron chi connectivity index (χ3n) is 3.60. The summed E-state index contributed by atoms with van der Waals surface area (Å²) < 4.78 is 5.13. The molecule has 0 radical (unpaired) electrons. The van der Waals surface area contributed by atoms with Crippen molar-refractivity contribution in [1.82, 2.24) is 4.90 Å². The highest BCUT2D eigenvalue weighted by molar-refractivity contribution is 5.77. The van der Waals surface area contributed by atoms with E-state index in [-0.39, 0.29) is 12.0 Å². The molecule has 98 valence electrons. The van der Waals surface area contributed by atoms with Gasteiger partial charge in [0, 0.05) is 12.6 Å². The molecule has 2 atom stereocenters. The molecule has 1 aromatic rings. The van der Waals surface area contributed by atoms with Gasteiger partial charge in [0.05, 0.1) is 6.61 Å². The fourth-order valence-corrected chi connectivity index (χ4v) is 2.55. The van der Waals surface area contributed by atoms with Crippen molar-refractivity contribution in [3.63, 3.8) is 0 Å². The van der Waals surface area contributed by atoms with E-state index in [1.807, 2.05) is 25.1 Å². The number of hydrogen-bond donors (Lipinski definition) is 0. The number of likely N-dealkylation sites (tertiary alicyclic amines) is 1. The van der Waals surface area contributed by atoms with E-state index in [1.54, 1.807) is 0 Å². The smallest absolute Gasteiger partial charge is 0.323 e. The molecule has 1 saturated heterocycles. The lowest BCUT2D eigenvalue weighted by Gasteiger charge is -2.46. The standard InChI is InChI=1S/C15H21NO2/c1-3-13-10-14(15(17)18-4-2)16(13)11-12-8-6-5-7-9-12/h5-9,13-14H,3-4,10-11H2,1-2H3/t13-,14-/m0/s1. The van der Waals surface area contributed by atoms with Crippen LogP contribution in [0.15, 0.2) is 30.3 Å². The maximum atomic E-state index is 11.8. The van der Waals surface area contributed by atoms with Crippen molar-refractivity contribution in [2.24, 2.45) is 0 Å². The summed E-state index contributed by atoms with van der Waals surface area (Å²) in [5.41, 5.74) is 1.25. The minimum absolute atomic E-state index is 0.0462. The van der Waals surface area contributed by atoms with Crippen LogP contribution in [0.3, 0.4) is 0 Å². The second-order valence-corrected chi connectivity index (χ2v) is 4.72. The maximum absolute atomic E-state index is 11.8. The molecule has 1 aliphatic heterocycles. The summed E-state index contributed by atoms with van der Waals surface area (Å²) in [5, 5.41) is 0. The summed E-state index contributed by atoms with van der Waals surface area (Å²) >= 11 is 0. The van der Waals surface area contributed by atoms with Crippen LogP contribution in [0.25, 0.3) is 0 Å². The van der Waals surface area contributed by atoms with Crippen molar-refractivity contribution < 1.29 is 9.53 Å². The molecule has 3 heteroatoms. The summed E-state index contributed by atoms with van der Waals surface area (Å²) in [6, 6.07) is 10.8. The van der Waals surface area contributed by atoms with E-state index >= 15 is 0 Å². The van der Waals surface area contributed by atoms with Gasteiger partial charge in [0.25, 0.3) is 0 Å². The van der Waals surface area contributed by atoms with Gasteiger partial charge in [-0.2, -0.15) is 0 Å². The lowest BCUT2D eigenvalue weighted by atomic mass is 9.90. The van der Waals surface area contributed by atoms with Crippen LogP contribution >= 0.6 is 0 Å². The maximum Gasteiger partial charge on any atom is 0.323 e. The highest BCUT2D eigenvalue weighted by Gasteiger charge is 2.42. The van der Waals surface area contributed by atoms with Gasteiger partial charge in [0.1, 0.15) is 6.04 Å². The van der Waals surface area contributed by atoms with E-state index in [1.165, 1.54) is 5.56 Å². The second-order valence-electron chi connectivity index (χ2n) is 4.72. The van der Waals surface area contributed by atoms with Crippen molar-refractivity contribution in [2.45, 2.75) is 45.3 Å². The number of ether oxygens (including phenoxy) is 1. The van der Waals surface area contributed by atoms with E-state index < -0.39 is 0 Å². The fraction of sp³-hybridized carbons (Fsp3) is 0.533. The molecular weight excluding hydrogens is 226 g/mol. The van der Waals surface area contributed by atoms with Gasteiger partial charge in [-0.3, -0.25) is 9.69 Å². The summed E-state index contributed by atoms with van der Waals surface area (Å²) in [4.78, 5) is 14.1. The summed E-state index contributed by atoms with van der Waals surface area (Å²) in [7, 11) is 0. The van der Waals surface area contributed by atoms with Crippen molar-refractivity contribution in [3.05, 3.63) is 35.9 Å². The van der Waals surface area contributed by atoms with Gasteiger partial charge in [0.15, 0.2) is 0 Å². The normalized spacial score (nSPS) is 23.4. The number of hydrogen-bond acceptors (Lipinski definition) is 3. The molecule has 0 N–H and O–H groups in total. The molecule has 0 spiro atoms. The van der Waals surface area contributed by atoms with Crippen molar-refractivity contribution in [1.29, 1.82) is 0 Å². The van der Waals surface area contributed by atoms with E-state index in [0.717, 1.165) is 19.4 Å². The van der Waals surface area contributed by atoms with Crippen LogP contribution < -0.4 is 0 Å². The Kier molecular flexibility index (Phi) is 4.37. The minimum atomic E-state index is -0.0712. The first-order chi connectivity index (χ1) is 8.76. The monoisotopic (exact) mass is 247 g/mol. The van der Waals surface area contributed by atoms with E-state index in [4.69, 9.17) is 4.74 Å². The topological polar surface area (TPSA) is 29.5 Å². The molecule has 0 unspecified atom stereocenters. The molecule has 1 heterocycles. The van der Waals surface area contributed by atoms with Gasteiger partial charge in [-0.25, -0.2) is 0 Å². The predicted molar refractivity (Wildman–Crippen MR) is 71.1 cm³/mol. The Morgan fingerprint density at radius 3 is 2.67 bits per heavy atom. The fourth-order valence-electron chi connectivity index (χ4n) is 2.55. The van der Waals surface area contributed by atoms with Crippen LogP contribution in [-0.2, 0) is 16.1 Å². The van der Waals surface area contributed by atoms with Gasteiger partial charge in [0.2, 0.25) is 0 Å². The third-order valence-corrected chi connectivity index (χ3v) is 3.60. The van der Waals surface area contributed by atoms with Gasteiger partial charge in [-0.1, -0.05) is 37.3 Å². The molecule has 0 aromatic heterocycles. The van der Waals surface area contributed by atoms with Crippen molar-refractivity contribution in [2.75, 3.05) is 6.61 Å². The Morgan fingerprint density at radius 2 is 2.06 bits per heavy atom. The van der Waals surface area contributed by atoms with Gasteiger partial charge >= 0.3 is 5.97 Å². The van der Waals surface area contributed by atoms with E-state index in [2.05, 4.69) is 24.0 Å². The molecule has 0 saturated carbocycles. The Bertz CT molecular complexity index is 391. The largest absolute Gasteiger partial charge is 0.465 e. The zero-order chi connectivity index (χ0) is 13.0. The number of esters is 1. The molecule has 3 nitrogen and oxygen atoms in total. The number of carbonyl (C=O) groups is 1. The number of benzene rings is 1. The van der Waals surface area contributed by atoms with Crippen molar-refractivity contribution in [3.8, 4) is 0 Å². The van der Waals surface area contributed by atoms with Crippen LogP contribution in [0.2, 0.25) is 0 Å². The van der Waals surface area contributed by atoms with Crippen LogP contribution in [-0.4, -0.2) is 29.6 Å². The molecular formula is C15H21NO2. The number of carbonyl (C=O) groups excluding carboxylic acids is 1. The second kappa shape index (κ2) is 6.01. The molecule has 18 heavy (non-hydrogen) atoms. The zero-order valence-electron chi connectivity index (χ0n) is 11.1. The SMILES string of the molecule is CCOC(=O)[C@@H]1C[C@H](CC)N1Cc1ccccc1. The first kappa shape index (κ1) is 13.1.